The molecule has 0 saturated heterocycles. The van der Waals surface area contributed by atoms with E-state index in [-0.39, 0.29) is 6.04 Å². The number of hydrogen-bond donors (Lipinski definition) is 2. The quantitative estimate of drug-likeness (QED) is 0.764. The van der Waals surface area contributed by atoms with Crippen LogP contribution in [0.4, 0.5) is 0 Å². The Balaban J connectivity index is 1.73. The highest BCUT2D eigenvalue weighted by Gasteiger charge is 2.18. The van der Waals surface area contributed by atoms with Gasteiger partial charge in [0.1, 0.15) is 0 Å². The molecule has 2 heterocycles. The van der Waals surface area contributed by atoms with Crippen LogP contribution in [0.3, 0.4) is 0 Å². The number of thiophene rings is 1. The SMILES string of the molecule is NC(c1ccc2[nH]c(=O)oc2c1)c1cc2c(s1)CCCC2. The van der Waals surface area contributed by atoms with Gasteiger partial charge in [0.15, 0.2) is 5.58 Å². The van der Waals surface area contributed by atoms with E-state index in [0.717, 1.165) is 5.56 Å². The van der Waals surface area contributed by atoms with Crippen molar-refractivity contribution < 1.29 is 4.42 Å². The van der Waals surface area contributed by atoms with E-state index in [9.17, 15) is 4.79 Å². The highest BCUT2D eigenvalue weighted by Crippen LogP contribution is 2.34. The first-order valence-electron chi connectivity index (χ1n) is 7.20. The van der Waals surface area contributed by atoms with Crippen LogP contribution >= 0.6 is 11.3 Å². The topological polar surface area (TPSA) is 72.0 Å². The Kier molecular flexibility index (Phi) is 2.97. The summed E-state index contributed by atoms with van der Waals surface area (Å²) in [5.74, 6) is -0.428. The number of nitrogens with one attached hydrogen (secondary N) is 1. The lowest BCUT2D eigenvalue weighted by molar-refractivity contribution is 0.555. The third-order valence-electron chi connectivity index (χ3n) is 4.13. The van der Waals surface area contributed by atoms with Crippen molar-refractivity contribution in [2.75, 3.05) is 0 Å². The summed E-state index contributed by atoms with van der Waals surface area (Å²) < 4.78 is 5.11. The van der Waals surface area contributed by atoms with E-state index in [1.807, 2.05) is 29.5 Å². The number of fused-ring (bicyclic) bond motifs is 2. The van der Waals surface area contributed by atoms with Gasteiger partial charge in [-0.05, 0) is 55.0 Å². The van der Waals surface area contributed by atoms with E-state index in [2.05, 4.69) is 11.1 Å². The highest BCUT2D eigenvalue weighted by molar-refractivity contribution is 7.12. The van der Waals surface area contributed by atoms with Gasteiger partial charge >= 0.3 is 5.76 Å². The molecule has 4 rings (SSSR count). The third kappa shape index (κ3) is 2.22. The van der Waals surface area contributed by atoms with Gasteiger partial charge in [0.05, 0.1) is 11.6 Å². The summed E-state index contributed by atoms with van der Waals surface area (Å²) in [6.45, 7) is 0. The van der Waals surface area contributed by atoms with Gasteiger partial charge in [0.25, 0.3) is 0 Å². The highest BCUT2D eigenvalue weighted by atomic mass is 32.1. The van der Waals surface area contributed by atoms with Gasteiger partial charge in [-0.3, -0.25) is 4.98 Å². The molecule has 4 nitrogen and oxygen atoms in total. The molecule has 0 radical (unpaired) electrons. The zero-order valence-electron chi connectivity index (χ0n) is 11.5. The second-order valence-electron chi connectivity index (χ2n) is 5.55. The van der Waals surface area contributed by atoms with Gasteiger partial charge in [0.2, 0.25) is 0 Å². The van der Waals surface area contributed by atoms with E-state index < -0.39 is 5.76 Å². The van der Waals surface area contributed by atoms with Crippen LogP contribution in [0.25, 0.3) is 11.1 Å². The van der Waals surface area contributed by atoms with Crippen LogP contribution in [0.1, 0.15) is 39.8 Å². The molecule has 2 aromatic heterocycles. The number of hydrogen-bond acceptors (Lipinski definition) is 4. The zero-order valence-corrected chi connectivity index (χ0v) is 12.3. The molecule has 5 heteroatoms. The number of rotatable bonds is 2. The Labute approximate surface area is 125 Å². The predicted molar refractivity (Wildman–Crippen MR) is 83.8 cm³/mol. The van der Waals surface area contributed by atoms with Crippen LogP contribution in [0.2, 0.25) is 0 Å². The summed E-state index contributed by atoms with van der Waals surface area (Å²) in [7, 11) is 0. The standard InChI is InChI=1S/C16H16N2O2S/c17-15(14-8-9-3-1-2-4-13(9)21-14)10-5-6-11-12(7-10)20-16(19)18-11/h5-8,15H,1-4,17H2,(H,18,19). The minimum absolute atomic E-state index is 0.162. The molecule has 0 bridgehead atoms. The molecule has 0 spiro atoms. The summed E-state index contributed by atoms with van der Waals surface area (Å²) in [5, 5.41) is 0. The second-order valence-corrected chi connectivity index (χ2v) is 6.72. The third-order valence-corrected chi connectivity index (χ3v) is 5.45. The Morgan fingerprint density at radius 2 is 2.10 bits per heavy atom. The number of aryl methyl sites for hydroxylation is 2. The van der Waals surface area contributed by atoms with E-state index in [1.165, 1.54) is 41.0 Å². The summed E-state index contributed by atoms with van der Waals surface area (Å²) in [5.41, 5.74) is 10.1. The molecular weight excluding hydrogens is 284 g/mol. The van der Waals surface area contributed by atoms with Crippen LogP contribution in [0, 0.1) is 0 Å². The average Bonchev–Trinajstić information content (AvgIpc) is 3.07. The van der Waals surface area contributed by atoms with Gasteiger partial charge in [-0.1, -0.05) is 6.07 Å². The van der Waals surface area contributed by atoms with Crippen molar-refractivity contribution in [2.45, 2.75) is 31.7 Å². The summed E-state index contributed by atoms with van der Waals surface area (Å²) >= 11 is 1.82. The Bertz CT molecular complexity index is 835. The fourth-order valence-corrected chi connectivity index (χ4v) is 4.27. The molecule has 0 amide bonds. The van der Waals surface area contributed by atoms with E-state index in [1.54, 1.807) is 0 Å². The molecule has 1 atom stereocenters. The van der Waals surface area contributed by atoms with E-state index >= 15 is 0 Å². The molecule has 1 aliphatic carbocycles. The maximum atomic E-state index is 11.2. The summed E-state index contributed by atoms with van der Waals surface area (Å²) in [4.78, 5) is 16.5. The fraction of sp³-hybridized carbons (Fsp3) is 0.312. The number of aromatic amines is 1. The molecule has 1 aliphatic rings. The molecule has 21 heavy (non-hydrogen) atoms. The monoisotopic (exact) mass is 300 g/mol. The first-order valence-corrected chi connectivity index (χ1v) is 8.02. The van der Waals surface area contributed by atoms with Crippen molar-refractivity contribution in [1.29, 1.82) is 0 Å². The van der Waals surface area contributed by atoms with Crippen molar-refractivity contribution in [1.82, 2.24) is 4.98 Å². The van der Waals surface area contributed by atoms with Crippen LogP contribution in [0.15, 0.2) is 33.5 Å². The Morgan fingerprint density at radius 3 is 2.95 bits per heavy atom. The Hall–Kier alpha value is -1.85. The number of nitrogens with two attached hydrogens (primary N) is 1. The second kappa shape index (κ2) is 4.86. The maximum Gasteiger partial charge on any atom is 0.417 e. The fourth-order valence-electron chi connectivity index (χ4n) is 2.99. The van der Waals surface area contributed by atoms with Crippen LogP contribution < -0.4 is 11.5 Å². The molecule has 1 unspecified atom stereocenters. The smallest absolute Gasteiger partial charge is 0.408 e. The number of oxazole rings is 1. The van der Waals surface area contributed by atoms with Crippen molar-refractivity contribution in [2.24, 2.45) is 5.73 Å². The normalized spacial score (nSPS) is 16.0. The number of H-pyrrole nitrogens is 1. The molecule has 3 N–H and O–H groups in total. The average molecular weight is 300 g/mol. The predicted octanol–water partition coefficient (Wildman–Crippen LogP) is 3.11. The van der Waals surface area contributed by atoms with Crippen molar-refractivity contribution in [3.05, 3.63) is 55.7 Å². The van der Waals surface area contributed by atoms with Crippen LogP contribution in [-0.4, -0.2) is 4.98 Å². The molecule has 0 aliphatic heterocycles. The van der Waals surface area contributed by atoms with Gasteiger partial charge in [-0.25, -0.2) is 4.79 Å². The minimum Gasteiger partial charge on any atom is -0.408 e. The largest absolute Gasteiger partial charge is 0.417 e. The maximum absolute atomic E-state index is 11.2. The first kappa shape index (κ1) is 12.9. The lowest BCUT2D eigenvalue weighted by Gasteiger charge is -2.09. The first-order chi connectivity index (χ1) is 10.2. The van der Waals surface area contributed by atoms with Crippen molar-refractivity contribution in [3.63, 3.8) is 0 Å². The summed E-state index contributed by atoms with van der Waals surface area (Å²) in [6, 6.07) is 7.75. The molecule has 0 fully saturated rings. The zero-order chi connectivity index (χ0) is 14.4. The lowest BCUT2D eigenvalue weighted by Crippen LogP contribution is -2.09. The van der Waals surface area contributed by atoms with Crippen LogP contribution in [0.5, 0.6) is 0 Å². The molecular formula is C16H16N2O2S. The van der Waals surface area contributed by atoms with Gasteiger partial charge in [-0.15, -0.1) is 11.3 Å². The molecule has 108 valence electrons. The lowest BCUT2D eigenvalue weighted by atomic mass is 9.98. The molecule has 1 aromatic carbocycles. The van der Waals surface area contributed by atoms with Gasteiger partial charge in [0, 0.05) is 9.75 Å². The minimum atomic E-state index is -0.428. The molecule has 3 aromatic rings. The van der Waals surface area contributed by atoms with Gasteiger partial charge in [-0.2, -0.15) is 0 Å². The number of aromatic nitrogens is 1. The van der Waals surface area contributed by atoms with Crippen molar-refractivity contribution in [3.8, 4) is 0 Å². The Morgan fingerprint density at radius 1 is 1.24 bits per heavy atom. The summed E-state index contributed by atoms with van der Waals surface area (Å²) in [6.07, 6.45) is 4.91. The van der Waals surface area contributed by atoms with E-state index in [0.29, 0.717) is 11.1 Å². The molecule has 0 saturated carbocycles. The van der Waals surface area contributed by atoms with E-state index in [4.69, 9.17) is 10.2 Å². The van der Waals surface area contributed by atoms with Crippen molar-refractivity contribution >= 4 is 22.4 Å². The van der Waals surface area contributed by atoms with Gasteiger partial charge < -0.3 is 10.2 Å². The number of benzene rings is 1. The van der Waals surface area contributed by atoms with Crippen LogP contribution in [-0.2, 0) is 12.8 Å².